The van der Waals surface area contributed by atoms with Crippen molar-refractivity contribution in [3.05, 3.63) is 23.5 Å². The minimum absolute atomic E-state index is 0.0773. The lowest BCUT2D eigenvalue weighted by Crippen LogP contribution is -2.13. The maximum Gasteiger partial charge on any atom is 0.340 e. The number of methoxy groups -OCH3 is 1. The summed E-state index contributed by atoms with van der Waals surface area (Å²) in [5.41, 5.74) is 6.10. The van der Waals surface area contributed by atoms with Gasteiger partial charge in [0.25, 0.3) is 0 Å². The summed E-state index contributed by atoms with van der Waals surface area (Å²) >= 11 is 0. The fourth-order valence-electron chi connectivity index (χ4n) is 1.44. The quantitative estimate of drug-likeness (QED) is 0.626. The highest BCUT2D eigenvalue weighted by Crippen LogP contribution is 2.23. The van der Waals surface area contributed by atoms with E-state index in [0.717, 1.165) is 12.5 Å². The highest BCUT2D eigenvalue weighted by atomic mass is 19.1. The third-order valence-corrected chi connectivity index (χ3v) is 2.88. The van der Waals surface area contributed by atoms with Crippen LogP contribution in [0.3, 0.4) is 0 Å². The molecule has 0 amide bonds. The maximum absolute atomic E-state index is 13.7. The lowest BCUT2D eigenvalue weighted by Gasteiger charge is -2.14. The van der Waals surface area contributed by atoms with Gasteiger partial charge in [0.1, 0.15) is 5.82 Å². The van der Waals surface area contributed by atoms with Crippen molar-refractivity contribution in [2.24, 2.45) is 5.92 Å². The van der Waals surface area contributed by atoms with E-state index in [1.807, 2.05) is 0 Å². The van der Waals surface area contributed by atoms with Crippen molar-refractivity contribution in [3.63, 3.8) is 0 Å². The number of rotatable bonds is 5. The SMILES string of the molecule is CCC(C)CNc1cc(C(=O)OC)c(N)cc1F. The molecule has 0 aromatic heterocycles. The topological polar surface area (TPSA) is 64.3 Å². The van der Waals surface area contributed by atoms with Crippen LogP contribution in [0, 0.1) is 11.7 Å². The standard InChI is InChI=1S/C13H19FN2O2/c1-4-8(2)7-16-12-5-9(13(17)18-3)11(15)6-10(12)14/h5-6,8,16H,4,7,15H2,1-3H3. The van der Waals surface area contributed by atoms with Crippen molar-refractivity contribution < 1.29 is 13.9 Å². The van der Waals surface area contributed by atoms with Crippen LogP contribution in [0.25, 0.3) is 0 Å². The molecule has 1 aromatic rings. The van der Waals surface area contributed by atoms with Gasteiger partial charge in [-0.25, -0.2) is 9.18 Å². The average Bonchev–Trinajstić information content (AvgIpc) is 2.36. The van der Waals surface area contributed by atoms with E-state index in [1.54, 1.807) is 0 Å². The molecule has 0 saturated carbocycles. The van der Waals surface area contributed by atoms with Gasteiger partial charge in [0.05, 0.1) is 18.4 Å². The molecule has 0 aliphatic rings. The highest BCUT2D eigenvalue weighted by Gasteiger charge is 2.14. The Morgan fingerprint density at radius 2 is 2.22 bits per heavy atom. The van der Waals surface area contributed by atoms with Gasteiger partial charge in [-0.1, -0.05) is 20.3 Å². The van der Waals surface area contributed by atoms with Crippen LogP contribution in [0.1, 0.15) is 30.6 Å². The van der Waals surface area contributed by atoms with Crippen molar-refractivity contribution >= 4 is 17.3 Å². The number of nitrogens with one attached hydrogen (secondary N) is 1. The van der Waals surface area contributed by atoms with Gasteiger partial charge in [0.15, 0.2) is 0 Å². The Hall–Kier alpha value is -1.78. The zero-order valence-corrected chi connectivity index (χ0v) is 10.9. The number of nitrogen functional groups attached to an aromatic ring is 1. The predicted molar refractivity (Wildman–Crippen MR) is 70.1 cm³/mol. The van der Waals surface area contributed by atoms with Crippen LogP contribution in [-0.2, 0) is 4.74 Å². The Labute approximate surface area is 106 Å². The van der Waals surface area contributed by atoms with Gasteiger partial charge in [-0.2, -0.15) is 0 Å². The van der Waals surface area contributed by atoms with Crippen molar-refractivity contribution in [1.29, 1.82) is 0 Å². The minimum atomic E-state index is -0.570. The molecule has 100 valence electrons. The van der Waals surface area contributed by atoms with Crippen LogP contribution >= 0.6 is 0 Å². The van der Waals surface area contributed by atoms with E-state index in [0.29, 0.717) is 12.5 Å². The van der Waals surface area contributed by atoms with Gasteiger partial charge in [-0.15, -0.1) is 0 Å². The van der Waals surface area contributed by atoms with E-state index >= 15 is 0 Å². The fourth-order valence-corrected chi connectivity index (χ4v) is 1.44. The first-order valence-corrected chi connectivity index (χ1v) is 5.90. The second-order valence-corrected chi connectivity index (χ2v) is 4.31. The Bertz CT molecular complexity index is 435. The molecule has 0 saturated heterocycles. The third-order valence-electron chi connectivity index (χ3n) is 2.88. The lowest BCUT2D eigenvalue weighted by atomic mass is 10.1. The van der Waals surface area contributed by atoms with Gasteiger partial charge in [0.2, 0.25) is 0 Å². The summed E-state index contributed by atoms with van der Waals surface area (Å²) in [6.07, 6.45) is 0.994. The number of hydrogen-bond donors (Lipinski definition) is 2. The second kappa shape index (κ2) is 6.23. The van der Waals surface area contributed by atoms with Crippen LogP contribution in [0.5, 0.6) is 0 Å². The molecular weight excluding hydrogens is 235 g/mol. The Balaban J connectivity index is 2.94. The van der Waals surface area contributed by atoms with E-state index < -0.39 is 11.8 Å². The fraction of sp³-hybridized carbons (Fsp3) is 0.462. The van der Waals surface area contributed by atoms with E-state index in [9.17, 15) is 9.18 Å². The second-order valence-electron chi connectivity index (χ2n) is 4.31. The number of hydrogen-bond acceptors (Lipinski definition) is 4. The van der Waals surface area contributed by atoms with Crippen molar-refractivity contribution in [3.8, 4) is 0 Å². The molecule has 0 heterocycles. The first-order valence-electron chi connectivity index (χ1n) is 5.90. The summed E-state index contributed by atoms with van der Waals surface area (Å²) in [6.45, 7) is 4.76. The molecule has 4 nitrogen and oxygen atoms in total. The number of halogens is 1. The molecule has 1 aromatic carbocycles. The van der Waals surface area contributed by atoms with Crippen LogP contribution in [0.2, 0.25) is 0 Å². The molecular formula is C13H19FN2O2. The van der Waals surface area contributed by atoms with Crippen molar-refractivity contribution in [2.75, 3.05) is 24.7 Å². The molecule has 0 fully saturated rings. The number of nitrogens with two attached hydrogens (primary N) is 1. The Kier molecular flexibility index (Phi) is 4.95. The number of carbonyl (C=O) groups is 1. The number of carbonyl (C=O) groups excluding carboxylic acids is 1. The summed E-state index contributed by atoms with van der Waals surface area (Å²) in [4.78, 5) is 11.4. The molecule has 3 N–H and O–H groups in total. The molecule has 1 unspecified atom stereocenters. The van der Waals surface area contributed by atoms with Gasteiger partial charge >= 0.3 is 5.97 Å². The number of benzene rings is 1. The normalized spacial score (nSPS) is 12.0. The molecule has 1 atom stereocenters. The molecule has 0 bridgehead atoms. The average molecular weight is 254 g/mol. The zero-order chi connectivity index (χ0) is 13.7. The van der Waals surface area contributed by atoms with Crippen LogP contribution in [0.15, 0.2) is 12.1 Å². The van der Waals surface area contributed by atoms with E-state index in [-0.39, 0.29) is 16.9 Å². The molecule has 0 aliphatic carbocycles. The molecule has 5 heteroatoms. The molecule has 0 aliphatic heterocycles. The summed E-state index contributed by atoms with van der Waals surface area (Å²) < 4.78 is 18.2. The minimum Gasteiger partial charge on any atom is -0.465 e. The largest absolute Gasteiger partial charge is 0.465 e. The van der Waals surface area contributed by atoms with Gasteiger partial charge < -0.3 is 15.8 Å². The molecule has 18 heavy (non-hydrogen) atoms. The third kappa shape index (κ3) is 3.35. The van der Waals surface area contributed by atoms with Gasteiger partial charge in [-0.05, 0) is 18.1 Å². The first-order chi connectivity index (χ1) is 8.49. The van der Waals surface area contributed by atoms with Crippen LogP contribution in [-0.4, -0.2) is 19.6 Å². The monoisotopic (exact) mass is 254 g/mol. The predicted octanol–water partition coefficient (Wildman–Crippen LogP) is 2.65. The summed E-state index contributed by atoms with van der Waals surface area (Å²) in [6, 6.07) is 2.52. The first kappa shape index (κ1) is 14.3. The maximum atomic E-state index is 13.7. The van der Waals surface area contributed by atoms with E-state index in [4.69, 9.17) is 5.73 Å². The summed E-state index contributed by atoms with van der Waals surface area (Å²) in [5, 5.41) is 2.97. The Morgan fingerprint density at radius 1 is 1.56 bits per heavy atom. The molecule has 0 radical (unpaired) electrons. The number of ether oxygens (including phenoxy) is 1. The van der Waals surface area contributed by atoms with E-state index in [1.165, 1.54) is 13.2 Å². The lowest BCUT2D eigenvalue weighted by molar-refractivity contribution is 0.0602. The molecule has 0 spiro atoms. The zero-order valence-electron chi connectivity index (χ0n) is 10.9. The Morgan fingerprint density at radius 3 is 2.78 bits per heavy atom. The van der Waals surface area contributed by atoms with Crippen LogP contribution in [0.4, 0.5) is 15.8 Å². The highest BCUT2D eigenvalue weighted by molar-refractivity contribution is 5.96. The number of esters is 1. The van der Waals surface area contributed by atoms with Crippen molar-refractivity contribution in [1.82, 2.24) is 0 Å². The van der Waals surface area contributed by atoms with Gasteiger partial charge in [-0.3, -0.25) is 0 Å². The van der Waals surface area contributed by atoms with Crippen LogP contribution < -0.4 is 11.1 Å². The smallest absolute Gasteiger partial charge is 0.340 e. The summed E-state index contributed by atoms with van der Waals surface area (Å²) in [5.74, 6) is -0.619. The van der Waals surface area contributed by atoms with Crippen molar-refractivity contribution in [2.45, 2.75) is 20.3 Å². The molecule has 1 rings (SSSR count). The number of anilines is 2. The van der Waals surface area contributed by atoms with E-state index in [2.05, 4.69) is 23.9 Å². The van der Waals surface area contributed by atoms with Gasteiger partial charge in [0, 0.05) is 12.2 Å². The summed E-state index contributed by atoms with van der Waals surface area (Å²) in [7, 11) is 1.26.